The summed E-state index contributed by atoms with van der Waals surface area (Å²) in [6.07, 6.45) is 4.55. The standard InChI is InChI=1S/C11H16N4S/c1-8(11-9(2)15-7-16-11)13-4-3-10-5-12-6-14-10/h5-8,13H,3-4H2,1-2H3,(H,12,14). The second-order valence-corrected chi connectivity index (χ2v) is 4.69. The van der Waals surface area contributed by atoms with Crippen LogP contribution < -0.4 is 5.32 Å². The number of nitrogens with zero attached hydrogens (tertiary/aromatic N) is 2. The Kier molecular flexibility index (Phi) is 3.69. The van der Waals surface area contributed by atoms with Crippen molar-refractivity contribution in [3.05, 3.63) is 34.3 Å². The molecule has 0 saturated heterocycles. The first-order valence-electron chi connectivity index (χ1n) is 5.38. The van der Waals surface area contributed by atoms with Gasteiger partial charge in [-0.2, -0.15) is 0 Å². The quantitative estimate of drug-likeness (QED) is 0.835. The van der Waals surface area contributed by atoms with Gasteiger partial charge < -0.3 is 10.3 Å². The first kappa shape index (κ1) is 11.3. The SMILES string of the molecule is Cc1ncsc1C(C)NCCc1cnc[nH]1. The van der Waals surface area contributed by atoms with E-state index < -0.39 is 0 Å². The van der Waals surface area contributed by atoms with Gasteiger partial charge in [-0.05, 0) is 13.8 Å². The van der Waals surface area contributed by atoms with Crippen LogP contribution in [0.2, 0.25) is 0 Å². The van der Waals surface area contributed by atoms with Crippen LogP contribution in [0.5, 0.6) is 0 Å². The van der Waals surface area contributed by atoms with Crippen molar-refractivity contribution in [3.63, 3.8) is 0 Å². The highest BCUT2D eigenvalue weighted by Gasteiger charge is 2.09. The number of hydrogen-bond acceptors (Lipinski definition) is 4. The predicted octanol–water partition coefficient (Wildman–Crippen LogP) is 2.07. The van der Waals surface area contributed by atoms with E-state index in [-0.39, 0.29) is 0 Å². The van der Waals surface area contributed by atoms with Gasteiger partial charge in [-0.3, -0.25) is 0 Å². The maximum absolute atomic E-state index is 4.26. The topological polar surface area (TPSA) is 53.6 Å². The monoisotopic (exact) mass is 236 g/mol. The summed E-state index contributed by atoms with van der Waals surface area (Å²) in [6, 6.07) is 0.371. The smallest absolute Gasteiger partial charge is 0.0921 e. The van der Waals surface area contributed by atoms with E-state index in [2.05, 4.69) is 34.1 Å². The number of rotatable bonds is 5. The van der Waals surface area contributed by atoms with Gasteiger partial charge in [0.1, 0.15) is 0 Å². The summed E-state index contributed by atoms with van der Waals surface area (Å²) in [7, 11) is 0. The Labute approximate surface area is 99.2 Å². The third-order valence-corrected chi connectivity index (χ3v) is 3.69. The van der Waals surface area contributed by atoms with Crippen molar-refractivity contribution in [1.82, 2.24) is 20.3 Å². The fraction of sp³-hybridized carbons (Fsp3) is 0.455. The molecule has 16 heavy (non-hydrogen) atoms. The van der Waals surface area contributed by atoms with Crippen LogP contribution >= 0.6 is 11.3 Å². The van der Waals surface area contributed by atoms with E-state index in [0.717, 1.165) is 18.7 Å². The Balaban J connectivity index is 1.80. The van der Waals surface area contributed by atoms with Gasteiger partial charge in [0.2, 0.25) is 0 Å². The molecule has 2 aromatic rings. The number of hydrogen-bond donors (Lipinski definition) is 2. The zero-order valence-corrected chi connectivity index (χ0v) is 10.3. The second-order valence-electron chi connectivity index (χ2n) is 3.80. The lowest BCUT2D eigenvalue weighted by molar-refractivity contribution is 0.579. The molecule has 0 spiro atoms. The molecule has 2 heterocycles. The molecule has 0 amide bonds. The van der Waals surface area contributed by atoms with Crippen LogP contribution in [-0.2, 0) is 6.42 Å². The summed E-state index contributed by atoms with van der Waals surface area (Å²) in [5.74, 6) is 0. The van der Waals surface area contributed by atoms with Gasteiger partial charge in [0, 0.05) is 35.8 Å². The van der Waals surface area contributed by atoms with Crippen LogP contribution in [0.4, 0.5) is 0 Å². The molecule has 0 saturated carbocycles. The molecule has 0 fully saturated rings. The Bertz CT molecular complexity index is 421. The van der Waals surface area contributed by atoms with Crippen molar-refractivity contribution in [2.45, 2.75) is 26.3 Å². The van der Waals surface area contributed by atoms with E-state index in [0.29, 0.717) is 6.04 Å². The van der Waals surface area contributed by atoms with Gasteiger partial charge in [-0.15, -0.1) is 11.3 Å². The van der Waals surface area contributed by atoms with Crippen molar-refractivity contribution < 1.29 is 0 Å². The number of H-pyrrole nitrogens is 1. The number of nitrogens with one attached hydrogen (secondary N) is 2. The normalized spacial score (nSPS) is 12.9. The van der Waals surface area contributed by atoms with Crippen LogP contribution in [0, 0.1) is 6.92 Å². The van der Waals surface area contributed by atoms with Gasteiger partial charge >= 0.3 is 0 Å². The van der Waals surface area contributed by atoms with Crippen LogP contribution in [0.1, 0.15) is 29.2 Å². The molecule has 0 aliphatic heterocycles. The van der Waals surface area contributed by atoms with Crippen molar-refractivity contribution in [2.24, 2.45) is 0 Å². The van der Waals surface area contributed by atoms with Gasteiger partial charge in [-0.25, -0.2) is 9.97 Å². The molecule has 0 aliphatic carbocycles. The molecule has 86 valence electrons. The lowest BCUT2D eigenvalue weighted by Crippen LogP contribution is -2.21. The number of aromatic nitrogens is 3. The largest absolute Gasteiger partial charge is 0.348 e. The van der Waals surface area contributed by atoms with Crippen molar-refractivity contribution in [2.75, 3.05) is 6.54 Å². The maximum Gasteiger partial charge on any atom is 0.0921 e. The van der Waals surface area contributed by atoms with Crippen LogP contribution in [0.3, 0.4) is 0 Å². The molecule has 0 bridgehead atoms. The molecule has 5 heteroatoms. The van der Waals surface area contributed by atoms with E-state index in [1.807, 2.05) is 11.7 Å². The Morgan fingerprint density at radius 1 is 1.56 bits per heavy atom. The van der Waals surface area contributed by atoms with E-state index >= 15 is 0 Å². The summed E-state index contributed by atoms with van der Waals surface area (Å²) in [4.78, 5) is 12.7. The van der Waals surface area contributed by atoms with Crippen LogP contribution in [0.25, 0.3) is 0 Å². The number of aromatic amines is 1. The highest BCUT2D eigenvalue weighted by molar-refractivity contribution is 7.09. The van der Waals surface area contributed by atoms with Gasteiger partial charge in [0.05, 0.1) is 17.5 Å². The molecule has 4 nitrogen and oxygen atoms in total. The zero-order chi connectivity index (χ0) is 11.4. The molecule has 2 N–H and O–H groups in total. The summed E-state index contributed by atoms with van der Waals surface area (Å²) < 4.78 is 0. The lowest BCUT2D eigenvalue weighted by atomic mass is 10.2. The number of aryl methyl sites for hydroxylation is 1. The van der Waals surface area contributed by atoms with E-state index in [4.69, 9.17) is 0 Å². The molecule has 2 rings (SSSR count). The minimum absolute atomic E-state index is 0.371. The average molecular weight is 236 g/mol. The van der Waals surface area contributed by atoms with E-state index in [1.54, 1.807) is 17.7 Å². The number of thiazole rings is 1. The van der Waals surface area contributed by atoms with Gasteiger partial charge in [-0.1, -0.05) is 0 Å². The Morgan fingerprint density at radius 2 is 2.44 bits per heavy atom. The molecule has 0 radical (unpaired) electrons. The Hall–Kier alpha value is -1.20. The molecular weight excluding hydrogens is 220 g/mol. The minimum Gasteiger partial charge on any atom is -0.348 e. The molecular formula is C11H16N4S. The number of imidazole rings is 1. The fourth-order valence-electron chi connectivity index (χ4n) is 1.66. The van der Waals surface area contributed by atoms with Crippen molar-refractivity contribution in [1.29, 1.82) is 0 Å². The summed E-state index contributed by atoms with van der Waals surface area (Å²) in [5.41, 5.74) is 4.20. The molecule has 0 aliphatic rings. The molecule has 1 atom stereocenters. The molecule has 0 aromatic carbocycles. The fourth-order valence-corrected chi connectivity index (χ4v) is 2.50. The second kappa shape index (κ2) is 5.23. The summed E-state index contributed by atoms with van der Waals surface area (Å²) in [6.45, 7) is 5.17. The third kappa shape index (κ3) is 2.68. The Morgan fingerprint density at radius 3 is 3.06 bits per heavy atom. The third-order valence-electron chi connectivity index (χ3n) is 2.58. The minimum atomic E-state index is 0.371. The molecule has 2 aromatic heterocycles. The predicted molar refractivity (Wildman–Crippen MR) is 65.6 cm³/mol. The van der Waals surface area contributed by atoms with Gasteiger partial charge in [0.25, 0.3) is 0 Å². The van der Waals surface area contributed by atoms with Gasteiger partial charge in [0.15, 0.2) is 0 Å². The first-order valence-corrected chi connectivity index (χ1v) is 6.26. The zero-order valence-electron chi connectivity index (χ0n) is 9.53. The highest BCUT2D eigenvalue weighted by atomic mass is 32.1. The highest BCUT2D eigenvalue weighted by Crippen LogP contribution is 2.20. The van der Waals surface area contributed by atoms with Crippen LogP contribution in [0.15, 0.2) is 18.0 Å². The maximum atomic E-state index is 4.26. The summed E-state index contributed by atoms with van der Waals surface area (Å²) in [5, 5.41) is 3.49. The first-order chi connectivity index (χ1) is 7.77. The summed E-state index contributed by atoms with van der Waals surface area (Å²) >= 11 is 1.71. The molecule has 1 unspecified atom stereocenters. The van der Waals surface area contributed by atoms with Crippen molar-refractivity contribution in [3.8, 4) is 0 Å². The van der Waals surface area contributed by atoms with Crippen molar-refractivity contribution >= 4 is 11.3 Å². The van der Waals surface area contributed by atoms with Crippen LogP contribution in [-0.4, -0.2) is 21.5 Å². The van der Waals surface area contributed by atoms with E-state index in [1.165, 1.54) is 10.6 Å². The average Bonchev–Trinajstić information content (AvgIpc) is 2.88. The lowest BCUT2D eigenvalue weighted by Gasteiger charge is -2.12. The van der Waals surface area contributed by atoms with E-state index in [9.17, 15) is 0 Å².